The fourth-order valence-electron chi connectivity index (χ4n) is 5.84. The SMILES string of the molecule is COc1cc([C@@H](C(=O)Nc2ccc3c(c2)OCO3)N(Cc2ccccc2C)C(=O)CN2C(=O)C(=O)c3ccccc32)cc(OC)c1OC. The molecule has 48 heavy (non-hydrogen) atoms. The molecule has 0 aliphatic carbocycles. The van der Waals surface area contributed by atoms with Gasteiger partial charge in [0.1, 0.15) is 12.6 Å². The summed E-state index contributed by atoms with van der Waals surface area (Å²) in [5.41, 5.74) is 2.93. The number of aryl methyl sites for hydroxylation is 1. The number of methoxy groups -OCH3 is 3. The van der Waals surface area contributed by atoms with Gasteiger partial charge in [-0.25, -0.2) is 0 Å². The molecule has 3 amide bonds. The Morgan fingerprint density at radius 3 is 2.27 bits per heavy atom. The first kappa shape index (κ1) is 31.9. The highest BCUT2D eigenvalue weighted by Crippen LogP contribution is 2.42. The standard InChI is InChI=1S/C36H33N3O9/c1-21-9-5-6-10-22(21)18-39(31(40)19-38-26-12-8-7-11-25(26)33(41)36(38)43)32(23-15-29(44-2)34(46-4)30(16-23)45-3)35(42)37-24-13-14-27-28(17-24)48-20-47-27/h5-17,32H,18-20H2,1-4H3,(H,37,42)/t32-/m0/s1. The number of rotatable bonds is 11. The number of para-hydroxylation sites is 1. The highest BCUT2D eigenvalue weighted by atomic mass is 16.7. The number of nitrogens with zero attached hydrogens (tertiary/aromatic N) is 2. The lowest BCUT2D eigenvalue weighted by Gasteiger charge is -2.33. The van der Waals surface area contributed by atoms with Crippen molar-refractivity contribution in [1.29, 1.82) is 0 Å². The number of benzene rings is 4. The van der Waals surface area contributed by atoms with Crippen molar-refractivity contribution < 1.29 is 42.9 Å². The van der Waals surface area contributed by atoms with Gasteiger partial charge in [0, 0.05) is 18.3 Å². The van der Waals surface area contributed by atoms with Crippen LogP contribution in [0.5, 0.6) is 28.7 Å². The van der Waals surface area contributed by atoms with Gasteiger partial charge < -0.3 is 33.9 Å². The molecule has 0 unspecified atom stereocenters. The number of fused-ring (bicyclic) bond motifs is 2. The molecule has 0 radical (unpaired) electrons. The van der Waals surface area contributed by atoms with Crippen LogP contribution < -0.4 is 33.9 Å². The summed E-state index contributed by atoms with van der Waals surface area (Å²) in [5, 5.41) is 2.92. The zero-order chi connectivity index (χ0) is 33.9. The highest BCUT2D eigenvalue weighted by Gasteiger charge is 2.40. The Morgan fingerprint density at radius 2 is 1.56 bits per heavy atom. The van der Waals surface area contributed by atoms with Crippen molar-refractivity contribution in [2.75, 3.05) is 44.9 Å². The lowest BCUT2D eigenvalue weighted by molar-refractivity contribution is -0.139. The molecule has 2 heterocycles. The Labute approximate surface area is 276 Å². The number of anilines is 2. The third-order valence-electron chi connectivity index (χ3n) is 8.30. The first-order chi connectivity index (χ1) is 23.2. The van der Waals surface area contributed by atoms with Crippen molar-refractivity contribution in [3.05, 3.63) is 101 Å². The second-order valence-electron chi connectivity index (χ2n) is 11.1. The van der Waals surface area contributed by atoms with E-state index in [-0.39, 0.29) is 30.4 Å². The molecule has 6 rings (SSSR count). The predicted molar refractivity (Wildman–Crippen MR) is 175 cm³/mol. The molecule has 4 aromatic carbocycles. The van der Waals surface area contributed by atoms with Crippen LogP contribution in [0.3, 0.4) is 0 Å². The number of hydrogen-bond acceptors (Lipinski definition) is 9. The van der Waals surface area contributed by atoms with E-state index in [9.17, 15) is 19.2 Å². The molecule has 0 bridgehead atoms. The number of Topliss-reactive ketones (excluding diaryl/α,β-unsaturated/α-hetero) is 1. The van der Waals surface area contributed by atoms with E-state index in [0.717, 1.165) is 16.0 Å². The van der Waals surface area contributed by atoms with Crippen LogP contribution >= 0.6 is 0 Å². The van der Waals surface area contributed by atoms with Gasteiger partial charge in [-0.1, -0.05) is 36.4 Å². The summed E-state index contributed by atoms with van der Waals surface area (Å²) in [7, 11) is 4.36. The topological polar surface area (TPSA) is 133 Å². The van der Waals surface area contributed by atoms with E-state index in [1.165, 1.54) is 26.2 Å². The van der Waals surface area contributed by atoms with Crippen LogP contribution in [0.15, 0.2) is 78.9 Å². The van der Waals surface area contributed by atoms with E-state index >= 15 is 0 Å². The number of ether oxygens (including phenoxy) is 5. The number of carbonyl (C=O) groups excluding carboxylic acids is 4. The minimum absolute atomic E-state index is 0.0149. The predicted octanol–water partition coefficient (Wildman–Crippen LogP) is 4.69. The van der Waals surface area contributed by atoms with Crippen molar-refractivity contribution in [3.8, 4) is 28.7 Å². The van der Waals surface area contributed by atoms with Crippen LogP contribution in [0.1, 0.15) is 33.1 Å². The summed E-state index contributed by atoms with van der Waals surface area (Å²) in [5.74, 6) is -0.856. The average molecular weight is 652 g/mol. The van der Waals surface area contributed by atoms with E-state index < -0.39 is 36.1 Å². The third-order valence-corrected chi connectivity index (χ3v) is 8.30. The van der Waals surface area contributed by atoms with E-state index in [1.54, 1.807) is 54.6 Å². The minimum atomic E-state index is -1.29. The quantitative estimate of drug-likeness (QED) is 0.230. The van der Waals surface area contributed by atoms with Gasteiger partial charge in [0.15, 0.2) is 23.0 Å². The molecular formula is C36H33N3O9. The number of amides is 3. The Bertz CT molecular complexity index is 1900. The monoisotopic (exact) mass is 651 g/mol. The van der Waals surface area contributed by atoms with Gasteiger partial charge in [-0.05, 0) is 60.0 Å². The smallest absolute Gasteiger partial charge is 0.299 e. The first-order valence-electron chi connectivity index (χ1n) is 15.0. The van der Waals surface area contributed by atoms with Gasteiger partial charge in [-0.15, -0.1) is 0 Å². The van der Waals surface area contributed by atoms with E-state index in [2.05, 4.69) is 5.32 Å². The molecule has 0 aromatic heterocycles. The fourth-order valence-corrected chi connectivity index (χ4v) is 5.84. The van der Waals surface area contributed by atoms with Crippen LogP contribution in [0.2, 0.25) is 0 Å². The Morgan fingerprint density at radius 1 is 0.875 bits per heavy atom. The zero-order valence-corrected chi connectivity index (χ0v) is 26.8. The molecule has 2 aliphatic heterocycles. The minimum Gasteiger partial charge on any atom is -0.493 e. The lowest BCUT2D eigenvalue weighted by atomic mass is 10.00. The lowest BCUT2D eigenvalue weighted by Crippen LogP contribution is -2.46. The van der Waals surface area contributed by atoms with Crippen LogP contribution in [0.4, 0.5) is 11.4 Å². The van der Waals surface area contributed by atoms with Gasteiger partial charge in [0.05, 0.1) is 32.6 Å². The van der Waals surface area contributed by atoms with E-state index in [1.807, 2.05) is 31.2 Å². The molecule has 0 saturated carbocycles. The second kappa shape index (κ2) is 13.4. The van der Waals surface area contributed by atoms with Crippen molar-refractivity contribution in [1.82, 2.24) is 4.90 Å². The molecule has 246 valence electrons. The van der Waals surface area contributed by atoms with Gasteiger partial charge in [-0.3, -0.25) is 24.1 Å². The maximum atomic E-state index is 14.6. The average Bonchev–Trinajstić information content (AvgIpc) is 3.66. The van der Waals surface area contributed by atoms with Gasteiger partial charge in [-0.2, -0.15) is 0 Å². The Hall–Kier alpha value is -6.04. The summed E-state index contributed by atoms with van der Waals surface area (Å²) in [6.07, 6.45) is 0. The maximum absolute atomic E-state index is 14.6. The number of carbonyl (C=O) groups is 4. The van der Waals surface area contributed by atoms with Gasteiger partial charge in [0.25, 0.3) is 17.6 Å². The molecule has 0 fully saturated rings. The van der Waals surface area contributed by atoms with Crippen LogP contribution in [0, 0.1) is 6.92 Å². The largest absolute Gasteiger partial charge is 0.493 e. The molecule has 12 nitrogen and oxygen atoms in total. The maximum Gasteiger partial charge on any atom is 0.299 e. The van der Waals surface area contributed by atoms with Gasteiger partial charge in [0.2, 0.25) is 18.4 Å². The Balaban J connectivity index is 1.47. The Kier molecular flexibility index (Phi) is 8.89. The van der Waals surface area contributed by atoms with Crippen LogP contribution in [-0.4, -0.2) is 63.1 Å². The van der Waals surface area contributed by atoms with Crippen molar-refractivity contribution >= 4 is 34.9 Å². The number of ketones is 1. The second-order valence-corrected chi connectivity index (χ2v) is 11.1. The van der Waals surface area contributed by atoms with E-state index in [4.69, 9.17) is 23.7 Å². The molecule has 12 heteroatoms. The molecule has 4 aromatic rings. The van der Waals surface area contributed by atoms with Crippen molar-refractivity contribution in [2.24, 2.45) is 0 Å². The number of nitrogens with one attached hydrogen (secondary N) is 1. The summed E-state index contributed by atoms with van der Waals surface area (Å²) < 4.78 is 27.7. The highest BCUT2D eigenvalue weighted by molar-refractivity contribution is 6.52. The third kappa shape index (κ3) is 5.95. The fraction of sp³-hybridized carbons (Fsp3) is 0.222. The zero-order valence-electron chi connectivity index (χ0n) is 26.8. The number of hydrogen-bond donors (Lipinski definition) is 1. The molecular weight excluding hydrogens is 618 g/mol. The summed E-state index contributed by atoms with van der Waals surface area (Å²) >= 11 is 0. The molecule has 0 saturated heterocycles. The van der Waals surface area contributed by atoms with Crippen molar-refractivity contribution in [3.63, 3.8) is 0 Å². The summed E-state index contributed by atoms with van der Waals surface area (Å²) in [6.45, 7) is 1.45. The molecule has 1 atom stereocenters. The van der Waals surface area contributed by atoms with Crippen LogP contribution in [-0.2, 0) is 20.9 Å². The normalized spacial score (nSPS) is 13.5. The summed E-state index contributed by atoms with van der Waals surface area (Å²) in [6, 6.07) is 20.8. The van der Waals surface area contributed by atoms with Gasteiger partial charge >= 0.3 is 0 Å². The first-order valence-corrected chi connectivity index (χ1v) is 15.0. The molecule has 1 N–H and O–H groups in total. The summed E-state index contributed by atoms with van der Waals surface area (Å²) in [4.78, 5) is 57.5. The molecule has 2 aliphatic rings. The van der Waals surface area contributed by atoms with E-state index in [0.29, 0.717) is 34.2 Å². The van der Waals surface area contributed by atoms with Crippen molar-refractivity contribution in [2.45, 2.75) is 19.5 Å². The van der Waals surface area contributed by atoms with Crippen LogP contribution in [0.25, 0.3) is 0 Å². The molecule has 0 spiro atoms.